The van der Waals surface area contributed by atoms with Crippen molar-refractivity contribution in [2.45, 2.75) is 0 Å². The van der Waals surface area contributed by atoms with Crippen LogP contribution in [0, 0.1) is 12.7 Å². The van der Waals surface area contributed by atoms with E-state index in [4.69, 9.17) is 4.74 Å². The van der Waals surface area contributed by atoms with Crippen molar-refractivity contribution in [3.8, 4) is 5.75 Å². The highest BCUT2D eigenvalue weighted by Crippen LogP contribution is 2.22. The van der Waals surface area contributed by atoms with Crippen LogP contribution < -0.4 is 4.74 Å². The maximum absolute atomic E-state index is 5.03. The Morgan fingerprint density at radius 2 is 2.10 bits per heavy atom. The minimum Gasteiger partial charge on any atom is -0.472 e. The lowest BCUT2D eigenvalue weighted by atomic mass is 10.1. The molecule has 0 unspecified atom stereocenters. The Kier molecular flexibility index (Phi) is 1.21. The van der Waals surface area contributed by atoms with Crippen molar-refractivity contribution >= 4 is 6.08 Å². The molecular weight excluding hydrogens is 124 g/mol. The predicted molar refractivity (Wildman–Crippen MR) is 38.0 cm³/mol. The molecule has 0 aliphatic carbocycles. The quantitative estimate of drug-likeness (QED) is 0.520. The third kappa shape index (κ3) is 0.798. The first kappa shape index (κ1) is 5.54. The largest absolute Gasteiger partial charge is 0.472 e. The monoisotopic (exact) mass is 129 g/mol. The van der Waals surface area contributed by atoms with Gasteiger partial charge >= 0.3 is 0 Å². The number of fused-ring (bicyclic) bond motifs is 1. The summed E-state index contributed by atoms with van der Waals surface area (Å²) in [5, 5.41) is 0. The van der Waals surface area contributed by atoms with Crippen molar-refractivity contribution < 1.29 is 4.74 Å². The van der Waals surface area contributed by atoms with Gasteiger partial charge in [0.05, 0.1) is 0 Å². The van der Waals surface area contributed by atoms with Gasteiger partial charge in [-0.05, 0) is 12.1 Å². The van der Waals surface area contributed by atoms with Gasteiger partial charge in [0.25, 0.3) is 0 Å². The Labute approximate surface area is 59.9 Å². The van der Waals surface area contributed by atoms with Crippen LogP contribution in [0.1, 0.15) is 5.56 Å². The normalized spacial score (nSPS) is 14.0. The molecule has 0 saturated carbocycles. The molecule has 1 heterocycles. The Bertz CT molecular complexity index is 263. The standard InChI is InChI=1S/C9H5O/c1-2-6-9-8(4-1)5-3-7-10-9/h1-2,4-6H. The Balaban J connectivity index is 2.54. The Hall–Kier alpha value is -1.24. The first-order chi connectivity index (χ1) is 4.97. The smallest absolute Gasteiger partial charge is 0.231 e. The summed E-state index contributed by atoms with van der Waals surface area (Å²) in [6, 6.07) is 7.77. The van der Waals surface area contributed by atoms with E-state index in [0.717, 1.165) is 11.3 Å². The lowest BCUT2D eigenvalue weighted by Crippen LogP contribution is -1.93. The van der Waals surface area contributed by atoms with Gasteiger partial charge in [-0.1, -0.05) is 18.2 Å². The fourth-order valence-corrected chi connectivity index (χ4v) is 0.884. The second kappa shape index (κ2) is 2.18. The van der Waals surface area contributed by atoms with Crippen LogP contribution in [0.5, 0.6) is 5.75 Å². The summed E-state index contributed by atoms with van der Waals surface area (Å²) in [6.45, 7) is 2.54. The average molecular weight is 129 g/mol. The zero-order valence-electron chi connectivity index (χ0n) is 5.29. The van der Waals surface area contributed by atoms with E-state index in [1.807, 2.05) is 30.3 Å². The van der Waals surface area contributed by atoms with Gasteiger partial charge < -0.3 is 4.74 Å². The highest BCUT2D eigenvalue weighted by molar-refractivity contribution is 5.58. The summed E-state index contributed by atoms with van der Waals surface area (Å²) in [5.41, 5.74) is 1.06. The molecule has 10 heavy (non-hydrogen) atoms. The van der Waals surface area contributed by atoms with Gasteiger partial charge in [-0.2, -0.15) is 0 Å². The SMILES string of the molecule is [C]1[C]=Cc2ccccc2O1. The van der Waals surface area contributed by atoms with Crippen molar-refractivity contribution in [1.29, 1.82) is 0 Å². The fourth-order valence-electron chi connectivity index (χ4n) is 0.884. The van der Waals surface area contributed by atoms with E-state index in [1.165, 1.54) is 0 Å². The molecular formula is C9H5O. The minimum atomic E-state index is 0.848. The molecule has 1 nitrogen and oxygen atoms in total. The van der Waals surface area contributed by atoms with Crippen LogP contribution in [-0.2, 0) is 0 Å². The molecule has 1 aromatic carbocycles. The average Bonchev–Trinajstić information content (AvgIpc) is 2.05. The number of benzene rings is 1. The number of hydrogen-bond acceptors (Lipinski definition) is 1. The van der Waals surface area contributed by atoms with Gasteiger partial charge in [0, 0.05) is 11.6 Å². The van der Waals surface area contributed by atoms with E-state index in [2.05, 4.69) is 12.7 Å². The molecule has 0 atom stereocenters. The summed E-state index contributed by atoms with van der Waals surface area (Å²) < 4.78 is 5.03. The molecule has 0 bridgehead atoms. The molecule has 1 aromatic rings. The topological polar surface area (TPSA) is 9.23 Å². The number of hydrogen-bond donors (Lipinski definition) is 0. The van der Waals surface area contributed by atoms with Crippen LogP contribution >= 0.6 is 0 Å². The van der Waals surface area contributed by atoms with Crippen LogP contribution in [0.25, 0.3) is 6.08 Å². The van der Waals surface area contributed by atoms with Crippen molar-refractivity contribution in [2.24, 2.45) is 0 Å². The summed E-state index contributed by atoms with van der Waals surface area (Å²) >= 11 is 0. The Morgan fingerprint density at radius 3 is 3.00 bits per heavy atom. The molecule has 1 heteroatoms. The number of para-hydroxylation sites is 1. The molecule has 47 valence electrons. The van der Waals surface area contributed by atoms with Crippen molar-refractivity contribution in [2.75, 3.05) is 0 Å². The minimum absolute atomic E-state index is 0.848. The summed E-state index contributed by atoms with van der Waals surface area (Å²) in [4.78, 5) is 0. The van der Waals surface area contributed by atoms with Crippen LogP contribution in [0.3, 0.4) is 0 Å². The zero-order chi connectivity index (χ0) is 6.81. The summed E-state index contributed by atoms with van der Waals surface area (Å²) in [7, 11) is 0. The predicted octanol–water partition coefficient (Wildman–Crippen LogP) is 1.93. The number of ether oxygens (including phenoxy) is 1. The van der Waals surface area contributed by atoms with Crippen LogP contribution in [0.2, 0.25) is 0 Å². The maximum Gasteiger partial charge on any atom is 0.231 e. The van der Waals surface area contributed by atoms with E-state index in [0.29, 0.717) is 0 Å². The second-order valence-electron chi connectivity index (χ2n) is 2.03. The lowest BCUT2D eigenvalue weighted by Gasteiger charge is -2.08. The third-order valence-electron chi connectivity index (χ3n) is 1.37. The molecule has 0 N–H and O–H groups in total. The van der Waals surface area contributed by atoms with E-state index in [1.54, 1.807) is 0 Å². The first-order valence-corrected chi connectivity index (χ1v) is 3.06. The molecule has 0 amide bonds. The third-order valence-corrected chi connectivity index (χ3v) is 1.37. The number of rotatable bonds is 0. The molecule has 3 radical (unpaired) electrons. The maximum atomic E-state index is 5.03. The van der Waals surface area contributed by atoms with Crippen LogP contribution in [0.15, 0.2) is 24.3 Å². The van der Waals surface area contributed by atoms with Gasteiger partial charge in [0.1, 0.15) is 5.75 Å². The lowest BCUT2D eigenvalue weighted by molar-refractivity contribution is 0.425. The van der Waals surface area contributed by atoms with Gasteiger partial charge in [0.2, 0.25) is 6.61 Å². The zero-order valence-corrected chi connectivity index (χ0v) is 5.29. The summed E-state index contributed by atoms with van der Waals surface area (Å²) in [6.07, 6.45) is 4.59. The molecule has 0 spiro atoms. The van der Waals surface area contributed by atoms with Gasteiger partial charge in [0.15, 0.2) is 0 Å². The second-order valence-corrected chi connectivity index (χ2v) is 2.03. The highest BCUT2D eigenvalue weighted by Gasteiger charge is 2.03. The van der Waals surface area contributed by atoms with E-state index < -0.39 is 0 Å². The van der Waals surface area contributed by atoms with Crippen molar-refractivity contribution in [3.63, 3.8) is 0 Å². The first-order valence-electron chi connectivity index (χ1n) is 3.06. The fraction of sp³-hybridized carbons (Fsp3) is 0. The molecule has 0 saturated heterocycles. The van der Waals surface area contributed by atoms with Crippen molar-refractivity contribution in [1.82, 2.24) is 0 Å². The molecule has 1 aliphatic heterocycles. The van der Waals surface area contributed by atoms with Crippen molar-refractivity contribution in [3.05, 3.63) is 42.5 Å². The highest BCUT2D eigenvalue weighted by atomic mass is 16.5. The Morgan fingerprint density at radius 1 is 1.20 bits per heavy atom. The van der Waals surface area contributed by atoms with Crippen LogP contribution in [-0.4, -0.2) is 0 Å². The van der Waals surface area contributed by atoms with E-state index in [-0.39, 0.29) is 0 Å². The molecule has 1 aliphatic rings. The van der Waals surface area contributed by atoms with Gasteiger partial charge in [-0.15, -0.1) is 0 Å². The summed E-state index contributed by atoms with van der Waals surface area (Å²) in [5.74, 6) is 0.848. The molecule has 0 fully saturated rings. The van der Waals surface area contributed by atoms with Gasteiger partial charge in [-0.3, -0.25) is 0 Å². The van der Waals surface area contributed by atoms with Crippen LogP contribution in [0.4, 0.5) is 0 Å². The molecule has 0 aromatic heterocycles. The molecule has 2 rings (SSSR count). The van der Waals surface area contributed by atoms with E-state index >= 15 is 0 Å². The van der Waals surface area contributed by atoms with Gasteiger partial charge in [-0.25, -0.2) is 0 Å². The van der Waals surface area contributed by atoms with E-state index in [9.17, 15) is 0 Å².